The van der Waals surface area contributed by atoms with Crippen molar-refractivity contribution >= 4 is 29.0 Å². The van der Waals surface area contributed by atoms with Crippen molar-refractivity contribution in [1.29, 1.82) is 5.53 Å². The van der Waals surface area contributed by atoms with Crippen molar-refractivity contribution in [3.63, 3.8) is 0 Å². The van der Waals surface area contributed by atoms with E-state index >= 15 is 0 Å². The fourth-order valence-corrected chi connectivity index (χ4v) is 4.25. The number of carbonyl (C=O) groups excluding carboxylic acids is 2. The lowest BCUT2D eigenvalue weighted by Crippen LogP contribution is -2.53. The number of nitrogens with one attached hydrogen (secondary N) is 3. The van der Waals surface area contributed by atoms with E-state index in [4.69, 9.17) is 28.6 Å². The lowest BCUT2D eigenvalue weighted by Gasteiger charge is -2.31. The fourth-order valence-electron chi connectivity index (χ4n) is 4.07. The number of halogens is 1. The molecule has 1 heterocycles. The second-order valence-corrected chi connectivity index (χ2v) is 9.34. The van der Waals surface area contributed by atoms with Crippen LogP contribution < -0.4 is 22.1 Å². The Hall–Kier alpha value is -3.37. The number of hydrogen-bond donors (Lipinski definition) is 6. The van der Waals surface area contributed by atoms with Gasteiger partial charge in [0.15, 0.2) is 0 Å². The molecule has 11 heteroatoms. The summed E-state index contributed by atoms with van der Waals surface area (Å²) >= 11 is 6.10. The van der Waals surface area contributed by atoms with Crippen molar-refractivity contribution in [2.75, 3.05) is 13.2 Å². The summed E-state index contributed by atoms with van der Waals surface area (Å²) in [5.41, 5.74) is 20.7. The minimum Gasteiger partial charge on any atom is -0.404 e. The summed E-state index contributed by atoms with van der Waals surface area (Å²) in [4.78, 5) is 28.1. The molecule has 2 rings (SSSR count). The number of amides is 2. The monoisotopic (exact) mass is 517 g/mol. The average molecular weight is 518 g/mol. The van der Waals surface area contributed by atoms with E-state index in [0.717, 1.165) is 5.56 Å². The SMILES string of the molecule is C/C(=C/N[C@H](C(=O)N1CCC[C@H]1C(=O)N[C@@H](CO)c1ccc(C(=C/N)/C(Cl)=C\N)cc1)C(C)C)N=N. The summed E-state index contributed by atoms with van der Waals surface area (Å²) in [6.07, 6.45) is 5.38. The number of aliphatic hydroxyl groups is 1. The van der Waals surface area contributed by atoms with E-state index in [0.29, 0.717) is 41.3 Å². The van der Waals surface area contributed by atoms with Gasteiger partial charge in [-0.2, -0.15) is 5.11 Å². The summed E-state index contributed by atoms with van der Waals surface area (Å²) < 4.78 is 0. The first-order valence-electron chi connectivity index (χ1n) is 11.8. The maximum Gasteiger partial charge on any atom is 0.245 e. The molecular weight excluding hydrogens is 482 g/mol. The number of hydrogen-bond acceptors (Lipinski definition) is 8. The van der Waals surface area contributed by atoms with Gasteiger partial charge in [0, 0.05) is 30.7 Å². The highest BCUT2D eigenvalue weighted by atomic mass is 35.5. The molecule has 1 fully saturated rings. The molecule has 1 aliphatic rings. The molecule has 0 bridgehead atoms. The first-order chi connectivity index (χ1) is 17.2. The maximum atomic E-state index is 13.3. The predicted octanol–water partition coefficient (Wildman–Crippen LogP) is 2.67. The zero-order valence-electron chi connectivity index (χ0n) is 20.9. The number of nitrogens with zero attached hydrogens (tertiary/aromatic N) is 2. The van der Waals surface area contributed by atoms with Crippen LogP contribution in [0.4, 0.5) is 0 Å². The van der Waals surface area contributed by atoms with Crippen molar-refractivity contribution in [3.05, 3.63) is 64.7 Å². The Kier molecular flexibility index (Phi) is 10.9. The largest absolute Gasteiger partial charge is 0.404 e. The van der Waals surface area contributed by atoms with Gasteiger partial charge >= 0.3 is 0 Å². The van der Waals surface area contributed by atoms with Crippen LogP contribution >= 0.6 is 11.6 Å². The van der Waals surface area contributed by atoms with Gasteiger partial charge in [0.1, 0.15) is 12.1 Å². The lowest BCUT2D eigenvalue weighted by molar-refractivity contribution is -0.141. The van der Waals surface area contributed by atoms with Gasteiger partial charge in [0.2, 0.25) is 11.8 Å². The molecule has 10 nitrogen and oxygen atoms in total. The third-order valence-corrected chi connectivity index (χ3v) is 6.44. The van der Waals surface area contributed by atoms with Crippen molar-refractivity contribution in [2.24, 2.45) is 22.5 Å². The highest BCUT2D eigenvalue weighted by Gasteiger charge is 2.38. The Bertz CT molecular complexity index is 1020. The average Bonchev–Trinajstić information content (AvgIpc) is 3.37. The van der Waals surface area contributed by atoms with Gasteiger partial charge in [0.05, 0.1) is 23.4 Å². The predicted molar refractivity (Wildman–Crippen MR) is 140 cm³/mol. The van der Waals surface area contributed by atoms with Gasteiger partial charge in [0.25, 0.3) is 0 Å². The van der Waals surface area contributed by atoms with Gasteiger partial charge < -0.3 is 32.1 Å². The molecule has 1 aromatic carbocycles. The summed E-state index contributed by atoms with van der Waals surface area (Å²) in [7, 11) is 0. The number of allylic oxidation sites excluding steroid dienone is 3. The third kappa shape index (κ3) is 7.08. The molecule has 0 aromatic heterocycles. The van der Waals surface area contributed by atoms with Gasteiger partial charge in [-0.1, -0.05) is 49.7 Å². The Morgan fingerprint density at radius 2 is 1.94 bits per heavy atom. The standard InChI is InChI=1S/C25H36ClN7O3/c1-15(2)23(30-13-16(3)32-29)25(36)33-10-4-5-22(33)24(35)31-21(14-34)18-8-6-17(7-9-18)19(11-27)20(26)12-28/h6-9,11-13,15,21-23,29-30,34H,4-5,10,14,27-28H2,1-3H3,(H,31,35)/b16-13-,19-11-,20-12+,32-29?/t21-,22-,23-/m0/s1. The van der Waals surface area contributed by atoms with Crippen LogP contribution in [0.15, 0.2) is 58.7 Å². The van der Waals surface area contributed by atoms with Crippen molar-refractivity contribution in [1.82, 2.24) is 15.5 Å². The Morgan fingerprint density at radius 3 is 2.47 bits per heavy atom. The van der Waals surface area contributed by atoms with Gasteiger partial charge in [-0.25, -0.2) is 5.53 Å². The quantitative estimate of drug-likeness (QED) is 0.194. The van der Waals surface area contributed by atoms with Crippen LogP contribution in [0, 0.1) is 11.4 Å². The lowest BCUT2D eigenvalue weighted by atomic mass is 10.0. The topological polar surface area (TPSA) is 170 Å². The molecule has 0 spiro atoms. The number of benzene rings is 1. The summed E-state index contributed by atoms with van der Waals surface area (Å²) in [6.45, 7) is 5.64. The maximum absolute atomic E-state index is 13.3. The number of carbonyl (C=O) groups is 2. The van der Waals surface area contributed by atoms with Crippen LogP contribution in [-0.2, 0) is 9.59 Å². The van der Waals surface area contributed by atoms with Crippen LogP contribution in [-0.4, -0.2) is 47.1 Å². The molecule has 1 saturated heterocycles. The Labute approximate surface area is 216 Å². The summed E-state index contributed by atoms with van der Waals surface area (Å²) in [6, 6.07) is 5.23. The third-order valence-electron chi connectivity index (χ3n) is 6.11. The van der Waals surface area contributed by atoms with Crippen molar-refractivity contribution < 1.29 is 14.7 Å². The first-order valence-corrected chi connectivity index (χ1v) is 12.2. The molecular formula is C25H36ClN7O3. The fraction of sp³-hybridized carbons (Fsp3) is 0.440. The highest BCUT2D eigenvalue weighted by molar-refractivity contribution is 6.36. The van der Waals surface area contributed by atoms with E-state index in [1.54, 1.807) is 36.1 Å². The minimum absolute atomic E-state index is 0.0459. The molecule has 196 valence electrons. The Morgan fingerprint density at radius 1 is 1.28 bits per heavy atom. The molecule has 8 N–H and O–H groups in total. The van der Waals surface area contributed by atoms with Gasteiger partial charge in [-0.3, -0.25) is 9.59 Å². The van der Waals surface area contributed by atoms with Gasteiger partial charge in [-0.05, 0) is 36.8 Å². The van der Waals surface area contributed by atoms with E-state index < -0.39 is 18.1 Å². The molecule has 2 amide bonds. The second kappa shape index (κ2) is 13.6. The molecule has 0 radical (unpaired) electrons. The van der Waals surface area contributed by atoms with Gasteiger partial charge in [-0.15, -0.1) is 0 Å². The molecule has 1 aliphatic heterocycles. The van der Waals surface area contributed by atoms with E-state index in [1.807, 2.05) is 13.8 Å². The molecule has 0 aliphatic carbocycles. The Balaban J connectivity index is 2.16. The van der Waals surface area contributed by atoms with Crippen LogP contribution in [0.2, 0.25) is 0 Å². The zero-order valence-corrected chi connectivity index (χ0v) is 21.6. The molecule has 0 saturated carbocycles. The van der Waals surface area contributed by atoms with E-state index in [1.165, 1.54) is 18.6 Å². The van der Waals surface area contributed by atoms with Crippen LogP contribution in [0.3, 0.4) is 0 Å². The van der Waals surface area contributed by atoms with E-state index in [2.05, 4.69) is 15.7 Å². The number of nitrogens with two attached hydrogens (primary N) is 2. The number of rotatable bonds is 11. The smallest absolute Gasteiger partial charge is 0.245 e. The molecule has 0 unspecified atom stereocenters. The number of aliphatic hydroxyl groups excluding tert-OH is 1. The second-order valence-electron chi connectivity index (χ2n) is 8.94. The molecule has 3 atom stereocenters. The zero-order chi connectivity index (χ0) is 26.8. The molecule has 36 heavy (non-hydrogen) atoms. The van der Waals surface area contributed by atoms with Crippen LogP contribution in [0.25, 0.3) is 5.57 Å². The summed E-state index contributed by atoms with van der Waals surface area (Å²) in [5.74, 6) is -0.557. The van der Waals surface area contributed by atoms with Crippen molar-refractivity contribution in [2.45, 2.75) is 51.7 Å². The highest BCUT2D eigenvalue weighted by Crippen LogP contribution is 2.26. The molecule has 1 aromatic rings. The first kappa shape index (κ1) is 28.9. The minimum atomic E-state index is -0.654. The van der Waals surface area contributed by atoms with E-state index in [9.17, 15) is 14.7 Å². The van der Waals surface area contributed by atoms with Crippen molar-refractivity contribution in [3.8, 4) is 0 Å². The normalized spacial score (nSPS) is 18.7. The number of likely N-dealkylation sites (tertiary alicyclic amines) is 1. The van der Waals surface area contributed by atoms with E-state index in [-0.39, 0.29) is 24.3 Å². The summed E-state index contributed by atoms with van der Waals surface area (Å²) in [5, 5.41) is 19.6. The van der Waals surface area contributed by atoms with Crippen LogP contribution in [0.1, 0.15) is 50.8 Å². The van der Waals surface area contributed by atoms with Crippen LogP contribution in [0.5, 0.6) is 0 Å².